The van der Waals surface area contributed by atoms with Crippen LogP contribution in [-0.2, 0) is 5.75 Å². The number of rotatable bonds is 6. The molecule has 6 heteroatoms. The minimum atomic E-state index is -0.361. The van der Waals surface area contributed by atoms with E-state index in [2.05, 4.69) is 24.0 Å². The van der Waals surface area contributed by atoms with E-state index in [9.17, 15) is 0 Å². The number of nitrogens with zero attached hydrogens (tertiary/aromatic N) is 2. The second-order valence-electron chi connectivity index (χ2n) is 3.53. The maximum atomic E-state index is 8.71. The van der Waals surface area contributed by atoms with Gasteiger partial charge in [-0.1, -0.05) is 19.0 Å². The molecule has 1 rings (SSSR count). The van der Waals surface area contributed by atoms with E-state index in [1.807, 2.05) is 0 Å². The van der Waals surface area contributed by atoms with Gasteiger partial charge in [0, 0.05) is 6.61 Å². The third-order valence-electron chi connectivity index (χ3n) is 1.79. The average Bonchev–Trinajstić information content (AvgIpc) is 2.63. The van der Waals surface area contributed by atoms with Crippen molar-refractivity contribution < 1.29 is 9.63 Å². The summed E-state index contributed by atoms with van der Waals surface area (Å²) in [7, 11) is 0. The van der Waals surface area contributed by atoms with Crippen LogP contribution in [0, 0.1) is 0 Å². The Morgan fingerprint density at radius 2 is 2.27 bits per heavy atom. The van der Waals surface area contributed by atoms with Gasteiger partial charge in [-0.15, -0.1) is 0 Å². The van der Waals surface area contributed by atoms with E-state index in [1.54, 1.807) is 11.8 Å². The van der Waals surface area contributed by atoms with Gasteiger partial charge in [0.1, 0.15) is 0 Å². The molecular weight excluding hydrogens is 214 g/mol. The molecule has 0 radical (unpaired) electrons. The van der Waals surface area contributed by atoms with Crippen molar-refractivity contribution in [3.05, 3.63) is 11.7 Å². The molecule has 0 spiro atoms. The molecule has 0 bridgehead atoms. The van der Waals surface area contributed by atoms with Crippen LogP contribution in [0.5, 0.6) is 0 Å². The molecule has 0 aliphatic carbocycles. The minimum Gasteiger partial charge on any atom is -0.396 e. The summed E-state index contributed by atoms with van der Waals surface area (Å²) in [5.41, 5.74) is 5.71. The van der Waals surface area contributed by atoms with Gasteiger partial charge in [0.2, 0.25) is 5.89 Å². The standard InChI is InChI=1S/C9H17N3O2S/c1-6(2)15-5-8-11-9(14-12-8)7(10)3-4-13/h6-7,13H,3-5,10H2,1-2H3. The van der Waals surface area contributed by atoms with Gasteiger partial charge in [-0.3, -0.25) is 0 Å². The molecule has 3 N–H and O–H groups in total. The van der Waals surface area contributed by atoms with E-state index in [-0.39, 0.29) is 12.6 Å². The van der Waals surface area contributed by atoms with Gasteiger partial charge in [-0.05, 0) is 11.7 Å². The summed E-state index contributed by atoms with van der Waals surface area (Å²) in [4.78, 5) is 4.17. The third kappa shape index (κ3) is 4.19. The van der Waals surface area contributed by atoms with E-state index in [0.29, 0.717) is 23.4 Å². The van der Waals surface area contributed by atoms with Crippen molar-refractivity contribution in [2.75, 3.05) is 6.61 Å². The fourth-order valence-electron chi connectivity index (χ4n) is 0.980. The molecule has 5 nitrogen and oxygen atoms in total. The second kappa shape index (κ2) is 6.09. The van der Waals surface area contributed by atoms with Crippen molar-refractivity contribution in [2.24, 2.45) is 5.73 Å². The SMILES string of the molecule is CC(C)SCc1noc(C(N)CCO)n1. The highest BCUT2D eigenvalue weighted by molar-refractivity contribution is 7.99. The van der Waals surface area contributed by atoms with Gasteiger partial charge in [0.05, 0.1) is 11.8 Å². The zero-order valence-corrected chi connectivity index (χ0v) is 9.83. The number of nitrogens with two attached hydrogens (primary N) is 1. The molecule has 0 saturated carbocycles. The quantitative estimate of drug-likeness (QED) is 0.762. The Morgan fingerprint density at radius 1 is 1.53 bits per heavy atom. The molecule has 1 aromatic rings. The zero-order valence-electron chi connectivity index (χ0n) is 9.01. The van der Waals surface area contributed by atoms with Crippen LogP contribution in [0.1, 0.15) is 38.0 Å². The van der Waals surface area contributed by atoms with Crippen LogP contribution in [0.25, 0.3) is 0 Å². The van der Waals surface area contributed by atoms with Gasteiger partial charge in [-0.25, -0.2) is 0 Å². The normalized spacial score (nSPS) is 13.4. The molecule has 0 amide bonds. The van der Waals surface area contributed by atoms with Crippen molar-refractivity contribution in [3.63, 3.8) is 0 Å². The number of aliphatic hydroxyl groups excluding tert-OH is 1. The molecule has 1 heterocycles. The van der Waals surface area contributed by atoms with Gasteiger partial charge >= 0.3 is 0 Å². The first kappa shape index (κ1) is 12.5. The molecule has 0 aliphatic heterocycles. The van der Waals surface area contributed by atoms with Crippen molar-refractivity contribution >= 4 is 11.8 Å². The Bertz CT molecular complexity index is 291. The third-order valence-corrected chi connectivity index (χ3v) is 2.88. The maximum Gasteiger partial charge on any atom is 0.243 e. The van der Waals surface area contributed by atoms with Crippen LogP contribution in [0.2, 0.25) is 0 Å². The molecule has 1 aromatic heterocycles. The van der Waals surface area contributed by atoms with E-state index in [4.69, 9.17) is 15.4 Å². The minimum absolute atomic E-state index is 0.0274. The first-order valence-electron chi connectivity index (χ1n) is 4.94. The largest absolute Gasteiger partial charge is 0.396 e. The number of aromatic nitrogens is 2. The van der Waals surface area contributed by atoms with Crippen molar-refractivity contribution in [1.29, 1.82) is 0 Å². The highest BCUT2D eigenvalue weighted by atomic mass is 32.2. The van der Waals surface area contributed by atoms with Gasteiger partial charge < -0.3 is 15.4 Å². The lowest BCUT2D eigenvalue weighted by Gasteiger charge is -2.02. The molecule has 15 heavy (non-hydrogen) atoms. The second-order valence-corrected chi connectivity index (χ2v) is 5.09. The summed E-state index contributed by atoms with van der Waals surface area (Å²) in [5.74, 6) is 1.80. The fraction of sp³-hybridized carbons (Fsp3) is 0.778. The molecule has 0 fully saturated rings. The van der Waals surface area contributed by atoms with Gasteiger partial charge in [0.25, 0.3) is 0 Å². The Hall–Kier alpha value is -0.590. The molecule has 1 atom stereocenters. The molecule has 0 aromatic carbocycles. The lowest BCUT2D eigenvalue weighted by atomic mass is 10.2. The highest BCUT2D eigenvalue weighted by Gasteiger charge is 2.14. The summed E-state index contributed by atoms with van der Waals surface area (Å²) >= 11 is 1.75. The highest BCUT2D eigenvalue weighted by Crippen LogP contribution is 2.17. The van der Waals surface area contributed by atoms with E-state index in [0.717, 1.165) is 5.75 Å². The summed E-state index contributed by atoms with van der Waals surface area (Å²) in [5, 5.41) is 13.1. The van der Waals surface area contributed by atoms with E-state index in [1.165, 1.54) is 0 Å². The monoisotopic (exact) mass is 231 g/mol. The molecule has 1 unspecified atom stereocenters. The lowest BCUT2D eigenvalue weighted by molar-refractivity contribution is 0.259. The lowest BCUT2D eigenvalue weighted by Crippen LogP contribution is -2.12. The summed E-state index contributed by atoms with van der Waals surface area (Å²) < 4.78 is 5.00. The van der Waals surface area contributed by atoms with E-state index < -0.39 is 0 Å². The number of aliphatic hydroxyl groups is 1. The topological polar surface area (TPSA) is 85.2 Å². The van der Waals surface area contributed by atoms with Crippen LogP contribution >= 0.6 is 11.8 Å². The first-order valence-corrected chi connectivity index (χ1v) is 5.99. The van der Waals surface area contributed by atoms with Crippen molar-refractivity contribution in [2.45, 2.75) is 37.3 Å². The van der Waals surface area contributed by atoms with Gasteiger partial charge in [0.15, 0.2) is 5.82 Å². The zero-order chi connectivity index (χ0) is 11.3. The van der Waals surface area contributed by atoms with Crippen LogP contribution in [0.4, 0.5) is 0 Å². The van der Waals surface area contributed by atoms with Gasteiger partial charge in [-0.2, -0.15) is 16.7 Å². The number of hydrogen-bond donors (Lipinski definition) is 2. The molecule has 86 valence electrons. The first-order chi connectivity index (χ1) is 7.13. The summed E-state index contributed by atoms with van der Waals surface area (Å²) in [6.45, 7) is 4.26. The number of thioether (sulfide) groups is 1. The van der Waals surface area contributed by atoms with Crippen molar-refractivity contribution in [1.82, 2.24) is 10.1 Å². The predicted molar refractivity (Wildman–Crippen MR) is 59.4 cm³/mol. The Morgan fingerprint density at radius 3 is 2.87 bits per heavy atom. The maximum absolute atomic E-state index is 8.71. The average molecular weight is 231 g/mol. The van der Waals surface area contributed by atoms with Crippen LogP contribution < -0.4 is 5.73 Å². The Balaban J connectivity index is 2.48. The molecule has 0 saturated heterocycles. The van der Waals surface area contributed by atoms with Crippen LogP contribution in [0.15, 0.2) is 4.52 Å². The van der Waals surface area contributed by atoms with E-state index >= 15 is 0 Å². The Kier molecular flexibility index (Phi) is 5.07. The molecular formula is C9H17N3O2S. The molecule has 0 aliphatic rings. The number of hydrogen-bond acceptors (Lipinski definition) is 6. The summed E-state index contributed by atoms with van der Waals surface area (Å²) in [6.07, 6.45) is 0.443. The predicted octanol–water partition coefficient (Wildman–Crippen LogP) is 1.09. The smallest absolute Gasteiger partial charge is 0.243 e. The summed E-state index contributed by atoms with van der Waals surface area (Å²) in [6, 6.07) is -0.361. The van der Waals surface area contributed by atoms with Crippen LogP contribution in [-0.4, -0.2) is 27.1 Å². The van der Waals surface area contributed by atoms with Crippen LogP contribution in [0.3, 0.4) is 0 Å². The van der Waals surface area contributed by atoms with Crippen molar-refractivity contribution in [3.8, 4) is 0 Å². The Labute approximate surface area is 93.4 Å². The fourth-order valence-corrected chi connectivity index (χ4v) is 1.58.